The lowest BCUT2D eigenvalue weighted by atomic mass is 10.1. The highest BCUT2D eigenvalue weighted by Crippen LogP contribution is 2.23. The van der Waals surface area contributed by atoms with Crippen LogP contribution in [-0.2, 0) is 4.74 Å². The van der Waals surface area contributed by atoms with Crippen LogP contribution >= 0.6 is 0 Å². The second-order valence-corrected chi connectivity index (χ2v) is 5.64. The molecule has 0 fully saturated rings. The number of H-pyrrole nitrogens is 1. The van der Waals surface area contributed by atoms with E-state index in [1.54, 1.807) is 51.1 Å². The normalized spacial score (nSPS) is 11.2. The maximum atomic E-state index is 12.0. The summed E-state index contributed by atoms with van der Waals surface area (Å²) in [6.07, 6.45) is 0. The molecule has 1 aromatic carbocycles. The first-order valence-corrected chi connectivity index (χ1v) is 6.53. The number of aromatic amines is 1. The molecule has 0 radical (unpaired) electrons. The van der Waals surface area contributed by atoms with E-state index in [2.05, 4.69) is 4.98 Å². The van der Waals surface area contributed by atoms with E-state index < -0.39 is 17.5 Å². The summed E-state index contributed by atoms with van der Waals surface area (Å²) in [5, 5.41) is 9.19. The molecule has 21 heavy (non-hydrogen) atoms. The molecule has 0 amide bonds. The summed E-state index contributed by atoms with van der Waals surface area (Å²) < 4.78 is 5.26. The van der Waals surface area contributed by atoms with Crippen LogP contribution in [0.4, 0.5) is 0 Å². The summed E-state index contributed by atoms with van der Waals surface area (Å²) >= 11 is 0. The molecular formula is C16H17NO4. The van der Waals surface area contributed by atoms with Crippen LogP contribution < -0.4 is 0 Å². The number of esters is 1. The average Bonchev–Trinajstić information content (AvgIpc) is 2.86. The molecule has 1 aromatic heterocycles. The third-order valence-corrected chi connectivity index (χ3v) is 2.75. The second-order valence-electron chi connectivity index (χ2n) is 5.64. The summed E-state index contributed by atoms with van der Waals surface area (Å²) in [4.78, 5) is 26.1. The number of aromatic nitrogens is 1. The van der Waals surface area contributed by atoms with Gasteiger partial charge in [0, 0.05) is 11.3 Å². The van der Waals surface area contributed by atoms with Crippen molar-refractivity contribution in [3.8, 4) is 11.3 Å². The zero-order chi connectivity index (χ0) is 15.6. The Balaban J connectivity index is 2.33. The standard InChI is InChI=1S/C16H17NO4/c1-16(2,3)21-15(20)13-9-8-12(17-13)10-6-4-5-7-11(10)14(18)19/h4-9,17H,1-3H3,(H,18,19). The molecule has 5 heteroatoms. The Hall–Kier alpha value is -2.56. The zero-order valence-electron chi connectivity index (χ0n) is 12.1. The summed E-state index contributed by atoms with van der Waals surface area (Å²) in [5.41, 5.74) is 0.977. The molecule has 0 aliphatic heterocycles. The predicted octanol–water partition coefficient (Wildman–Crippen LogP) is 3.34. The van der Waals surface area contributed by atoms with Gasteiger partial charge in [-0.05, 0) is 39.0 Å². The molecule has 0 saturated carbocycles. The smallest absolute Gasteiger partial charge is 0.355 e. The van der Waals surface area contributed by atoms with Gasteiger partial charge in [-0.1, -0.05) is 18.2 Å². The van der Waals surface area contributed by atoms with Crippen LogP contribution in [-0.4, -0.2) is 27.6 Å². The third kappa shape index (κ3) is 3.51. The molecule has 0 aliphatic carbocycles. The van der Waals surface area contributed by atoms with E-state index >= 15 is 0 Å². The Morgan fingerprint density at radius 2 is 1.76 bits per heavy atom. The van der Waals surface area contributed by atoms with Crippen molar-refractivity contribution in [2.45, 2.75) is 26.4 Å². The van der Waals surface area contributed by atoms with Crippen molar-refractivity contribution in [3.63, 3.8) is 0 Å². The van der Waals surface area contributed by atoms with Gasteiger partial charge in [-0.15, -0.1) is 0 Å². The van der Waals surface area contributed by atoms with Crippen LogP contribution in [0.1, 0.15) is 41.6 Å². The molecule has 0 spiro atoms. The first-order chi connectivity index (χ1) is 9.78. The average molecular weight is 287 g/mol. The zero-order valence-corrected chi connectivity index (χ0v) is 12.1. The van der Waals surface area contributed by atoms with Gasteiger partial charge >= 0.3 is 11.9 Å². The Morgan fingerprint density at radius 3 is 2.38 bits per heavy atom. The minimum atomic E-state index is -1.01. The van der Waals surface area contributed by atoms with E-state index in [-0.39, 0.29) is 5.56 Å². The van der Waals surface area contributed by atoms with Crippen molar-refractivity contribution in [1.82, 2.24) is 4.98 Å². The highest BCUT2D eigenvalue weighted by atomic mass is 16.6. The maximum Gasteiger partial charge on any atom is 0.355 e. The van der Waals surface area contributed by atoms with Crippen LogP contribution in [0.25, 0.3) is 11.3 Å². The lowest BCUT2D eigenvalue weighted by Crippen LogP contribution is -2.24. The van der Waals surface area contributed by atoms with Gasteiger partial charge in [0.2, 0.25) is 0 Å². The molecule has 0 atom stereocenters. The molecular weight excluding hydrogens is 270 g/mol. The first kappa shape index (κ1) is 14.8. The Bertz CT molecular complexity index is 680. The molecule has 2 N–H and O–H groups in total. The number of nitrogens with one attached hydrogen (secondary N) is 1. The number of hydrogen-bond donors (Lipinski definition) is 2. The molecule has 0 aliphatic rings. The fourth-order valence-corrected chi connectivity index (χ4v) is 1.91. The van der Waals surface area contributed by atoms with Crippen molar-refractivity contribution >= 4 is 11.9 Å². The van der Waals surface area contributed by atoms with Gasteiger partial charge in [0.1, 0.15) is 11.3 Å². The van der Waals surface area contributed by atoms with Crippen molar-refractivity contribution in [3.05, 3.63) is 47.7 Å². The second kappa shape index (κ2) is 5.44. The number of rotatable bonds is 3. The molecule has 5 nitrogen and oxygen atoms in total. The van der Waals surface area contributed by atoms with E-state index in [9.17, 15) is 14.7 Å². The Morgan fingerprint density at radius 1 is 1.10 bits per heavy atom. The van der Waals surface area contributed by atoms with Gasteiger partial charge in [0.25, 0.3) is 0 Å². The summed E-state index contributed by atoms with van der Waals surface area (Å²) in [5.74, 6) is -1.49. The van der Waals surface area contributed by atoms with Crippen LogP contribution in [0.5, 0.6) is 0 Å². The highest BCUT2D eigenvalue weighted by Gasteiger charge is 2.20. The highest BCUT2D eigenvalue weighted by molar-refractivity contribution is 5.96. The largest absolute Gasteiger partial charge is 0.478 e. The summed E-state index contributed by atoms with van der Waals surface area (Å²) in [6, 6.07) is 9.86. The van der Waals surface area contributed by atoms with Gasteiger partial charge < -0.3 is 14.8 Å². The van der Waals surface area contributed by atoms with E-state index in [0.29, 0.717) is 17.0 Å². The maximum absolute atomic E-state index is 12.0. The lowest BCUT2D eigenvalue weighted by Gasteiger charge is -2.18. The molecule has 2 rings (SSSR count). The van der Waals surface area contributed by atoms with Crippen LogP contribution in [0.2, 0.25) is 0 Å². The number of benzene rings is 1. The minimum absolute atomic E-state index is 0.176. The topological polar surface area (TPSA) is 79.4 Å². The number of hydrogen-bond acceptors (Lipinski definition) is 3. The molecule has 0 unspecified atom stereocenters. The third-order valence-electron chi connectivity index (χ3n) is 2.75. The monoisotopic (exact) mass is 287 g/mol. The summed E-state index contributed by atoms with van der Waals surface area (Å²) in [7, 11) is 0. The summed E-state index contributed by atoms with van der Waals surface area (Å²) in [6.45, 7) is 5.36. The SMILES string of the molecule is CC(C)(C)OC(=O)c1ccc(-c2ccccc2C(=O)O)[nH]1. The fourth-order valence-electron chi connectivity index (χ4n) is 1.91. The molecule has 0 saturated heterocycles. The number of carbonyl (C=O) groups excluding carboxylic acids is 1. The number of ether oxygens (including phenoxy) is 1. The minimum Gasteiger partial charge on any atom is -0.478 e. The molecule has 1 heterocycles. The van der Waals surface area contributed by atoms with E-state index in [0.717, 1.165) is 0 Å². The van der Waals surface area contributed by atoms with E-state index in [4.69, 9.17) is 4.74 Å². The van der Waals surface area contributed by atoms with Crippen molar-refractivity contribution < 1.29 is 19.4 Å². The van der Waals surface area contributed by atoms with E-state index in [1.807, 2.05) is 0 Å². The van der Waals surface area contributed by atoms with Crippen LogP contribution in [0.15, 0.2) is 36.4 Å². The van der Waals surface area contributed by atoms with Crippen LogP contribution in [0, 0.1) is 0 Å². The number of carbonyl (C=O) groups is 2. The number of carboxylic acids is 1. The van der Waals surface area contributed by atoms with Crippen molar-refractivity contribution in [1.29, 1.82) is 0 Å². The van der Waals surface area contributed by atoms with Crippen molar-refractivity contribution in [2.75, 3.05) is 0 Å². The van der Waals surface area contributed by atoms with E-state index in [1.165, 1.54) is 6.07 Å². The van der Waals surface area contributed by atoms with Gasteiger partial charge in [0.15, 0.2) is 0 Å². The van der Waals surface area contributed by atoms with Gasteiger partial charge in [-0.3, -0.25) is 0 Å². The lowest BCUT2D eigenvalue weighted by molar-refractivity contribution is 0.00635. The Labute approximate surface area is 122 Å². The molecule has 2 aromatic rings. The van der Waals surface area contributed by atoms with Crippen molar-refractivity contribution in [2.24, 2.45) is 0 Å². The van der Waals surface area contributed by atoms with Gasteiger partial charge in [0.05, 0.1) is 5.56 Å². The fraction of sp³-hybridized carbons (Fsp3) is 0.250. The number of carboxylic acid groups (broad SMARTS) is 1. The Kier molecular flexibility index (Phi) is 3.84. The molecule has 0 bridgehead atoms. The van der Waals surface area contributed by atoms with Crippen LogP contribution in [0.3, 0.4) is 0 Å². The molecule has 110 valence electrons. The van der Waals surface area contributed by atoms with Gasteiger partial charge in [-0.2, -0.15) is 0 Å². The predicted molar refractivity (Wildman–Crippen MR) is 78.4 cm³/mol. The first-order valence-electron chi connectivity index (χ1n) is 6.53. The number of aromatic carboxylic acids is 1. The van der Waals surface area contributed by atoms with Gasteiger partial charge in [-0.25, -0.2) is 9.59 Å². The quantitative estimate of drug-likeness (QED) is 0.848.